The molecule has 18 heavy (non-hydrogen) atoms. The second kappa shape index (κ2) is 5.81. The number of hydrogen-bond acceptors (Lipinski definition) is 2. The summed E-state index contributed by atoms with van der Waals surface area (Å²) in [5, 5.41) is 10.2. The second-order valence-electron chi connectivity index (χ2n) is 5.54. The van der Waals surface area contributed by atoms with Crippen LogP contribution in [0.2, 0.25) is 0 Å². The number of aliphatic hydroxyl groups is 1. The molecule has 2 nitrogen and oxygen atoms in total. The van der Waals surface area contributed by atoms with E-state index in [1.54, 1.807) is 12.1 Å². The first-order valence-electron chi connectivity index (χ1n) is 6.74. The minimum atomic E-state index is -0.526. The van der Waals surface area contributed by atoms with Crippen LogP contribution in [-0.4, -0.2) is 29.1 Å². The molecule has 1 fully saturated rings. The molecule has 0 saturated carbocycles. The lowest BCUT2D eigenvalue weighted by atomic mass is 9.93. The summed E-state index contributed by atoms with van der Waals surface area (Å²) in [6, 6.07) is 6.65. The summed E-state index contributed by atoms with van der Waals surface area (Å²) in [5.41, 5.74) is 0.794. The molecule has 1 saturated heterocycles. The maximum Gasteiger partial charge on any atom is 0.123 e. The molecule has 0 amide bonds. The van der Waals surface area contributed by atoms with E-state index in [9.17, 15) is 9.50 Å². The Hall–Kier alpha value is -0.930. The molecule has 1 N–H and O–H groups in total. The Bertz CT molecular complexity index is 379. The number of aliphatic hydroxyl groups excluding tert-OH is 1. The number of nitrogens with zero attached hydrogens (tertiary/aromatic N) is 1. The van der Waals surface area contributed by atoms with Crippen LogP contribution in [-0.2, 0) is 0 Å². The van der Waals surface area contributed by atoms with E-state index in [2.05, 4.69) is 18.7 Å². The molecule has 0 bridgehead atoms. The van der Waals surface area contributed by atoms with Crippen LogP contribution in [0.25, 0.3) is 0 Å². The Morgan fingerprint density at radius 1 is 1.33 bits per heavy atom. The summed E-state index contributed by atoms with van der Waals surface area (Å²) in [7, 11) is 0. The van der Waals surface area contributed by atoms with Crippen LogP contribution in [0.4, 0.5) is 4.39 Å². The van der Waals surface area contributed by atoms with Gasteiger partial charge in [-0.15, -0.1) is 0 Å². The van der Waals surface area contributed by atoms with Gasteiger partial charge in [-0.2, -0.15) is 0 Å². The number of rotatable bonds is 3. The molecule has 2 rings (SSSR count). The van der Waals surface area contributed by atoms with E-state index in [-0.39, 0.29) is 5.82 Å². The molecule has 0 aliphatic carbocycles. The Balaban J connectivity index is 1.94. The van der Waals surface area contributed by atoms with Gasteiger partial charge in [0.25, 0.3) is 0 Å². The lowest BCUT2D eigenvalue weighted by Crippen LogP contribution is -2.42. The molecule has 1 aromatic carbocycles. The lowest BCUT2D eigenvalue weighted by molar-refractivity contribution is 0.0600. The van der Waals surface area contributed by atoms with Crippen LogP contribution in [0.15, 0.2) is 24.3 Å². The zero-order valence-electron chi connectivity index (χ0n) is 11.1. The summed E-state index contributed by atoms with van der Waals surface area (Å²) in [6.45, 7) is 6.18. The van der Waals surface area contributed by atoms with Gasteiger partial charge in [-0.1, -0.05) is 19.1 Å². The van der Waals surface area contributed by atoms with Gasteiger partial charge in [0.2, 0.25) is 0 Å². The number of benzene rings is 1. The first kappa shape index (κ1) is 13.5. The van der Waals surface area contributed by atoms with Crippen LogP contribution in [0.1, 0.15) is 38.4 Å². The third-order valence-corrected chi connectivity index (χ3v) is 3.94. The average molecular weight is 251 g/mol. The largest absolute Gasteiger partial charge is 0.387 e. The van der Waals surface area contributed by atoms with E-state index in [1.165, 1.54) is 25.0 Å². The van der Waals surface area contributed by atoms with E-state index >= 15 is 0 Å². The number of β-amino-alcohol motifs (C(OH)–C–C–N with tert-alkyl or cyclic N) is 1. The molecule has 1 aliphatic heterocycles. The smallest absolute Gasteiger partial charge is 0.123 e. The molecular formula is C15H22FNO. The molecule has 0 spiro atoms. The van der Waals surface area contributed by atoms with Crippen molar-refractivity contribution >= 4 is 0 Å². The molecule has 1 aliphatic rings. The van der Waals surface area contributed by atoms with Crippen molar-refractivity contribution in [3.63, 3.8) is 0 Å². The fourth-order valence-corrected chi connectivity index (χ4v) is 2.74. The normalized spacial score (nSPS) is 27.1. The van der Waals surface area contributed by atoms with Gasteiger partial charge in [0, 0.05) is 12.6 Å². The summed E-state index contributed by atoms with van der Waals surface area (Å²) >= 11 is 0. The van der Waals surface area contributed by atoms with Gasteiger partial charge in [0.05, 0.1) is 6.10 Å². The SMILES string of the molecule is CC1CCN(CC(O)c2ccc(F)cc2)C(C)C1. The third kappa shape index (κ3) is 3.30. The molecule has 0 radical (unpaired) electrons. The van der Waals surface area contributed by atoms with Crippen molar-refractivity contribution in [1.29, 1.82) is 0 Å². The first-order valence-corrected chi connectivity index (χ1v) is 6.74. The Morgan fingerprint density at radius 2 is 2.00 bits per heavy atom. The highest BCUT2D eigenvalue weighted by molar-refractivity contribution is 5.18. The van der Waals surface area contributed by atoms with Crippen LogP contribution < -0.4 is 0 Å². The fourth-order valence-electron chi connectivity index (χ4n) is 2.74. The average Bonchev–Trinajstić information content (AvgIpc) is 2.33. The highest BCUT2D eigenvalue weighted by atomic mass is 19.1. The highest BCUT2D eigenvalue weighted by Gasteiger charge is 2.24. The zero-order chi connectivity index (χ0) is 13.1. The summed E-state index contributed by atoms with van der Waals surface area (Å²) in [5.74, 6) is 0.519. The number of piperidine rings is 1. The predicted octanol–water partition coefficient (Wildman–Crippen LogP) is 2.98. The van der Waals surface area contributed by atoms with Gasteiger partial charge in [-0.3, -0.25) is 4.90 Å². The Kier molecular flexibility index (Phi) is 4.36. The summed E-state index contributed by atoms with van der Waals surface area (Å²) in [6.07, 6.45) is 1.86. The quantitative estimate of drug-likeness (QED) is 0.892. The van der Waals surface area contributed by atoms with Crippen molar-refractivity contribution in [2.24, 2.45) is 5.92 Å². The Labute approximate surface area is 108 Å². The van der Waals surface area contributed by atoms with Gasteiger partial charge in [-0.25, -0.2) is 4.39 Å². The minimum absolute atomic E-state index is 0.258. The Morgan fingerprint density at radius 3 is 2.61 bits per heavy atom. The minimum Gasteiger partial charge on any atom is -0.387 e. The number of likely N-dealkylation sites (tertiary alicyclic amines) is 1. The van der Waals surface area contributed by atoms with Gasteiger partial charge < -0.3 is 5.11 Å². The van der Waals surface area contributed by atoms with Crippen molar-refractivity contribution in [2.45, 2.75) is 38.8 Å². The van der Waals surface area contributed by atoms with Gasteiger partial charge in [-0.05, 0) is 49.9 Å². The summed E-state index contributed by atoms with van der Waals surface area (Å²) < 4.78 is 12.8. The molecule has 3 unspecified atom stereocenters. The van der Waals surface area contributed by atoms with Crippen molar-refractivity contribution in [3.8, 4) is 0 Å². The van der Waals surface area contributed by atoms with Crippen LogP contribution in [0.3, 0.4) is 0 Å². The molecule has 1 aromatic rings. The van der Waals surface area contributed by atoms with E-state index in [1.807, 2.05) is 0 Å². The van der Waals surface area contributed by atoms with Gasteiger partial charge >= 0.3 is 0 Å². The van der Waals surface area contributed by atoms with Gasteiger partial charge in [0.15, 0.2) is 0 Å². The van der Waals surface area contributed by atoms with E-state index < -0.39 is 6.10 Å². The molecular weight excluding hydrogens is 229 g/mol. The van der Waals surface area contributed by atoms with E-state index in [4.69, 9.17) is 0 Å². The van der Waals surface area contributed by atoms with Crippen LogP contribution >= 0.6 is 0 Å². The number of hydrogen-bond donors (Lipinski definition) is 1. The van der Waals surface area contributed by atoms with Crippen molar-refractivity contribution in [2.75, 3.05) is 13.1 Å². The molecule has 100 valence electrons. The van der Waals surface area contributed by atoms with Crippen molar-refractivity contribution in [3.05, 3.63) is 35.6 Å². The highest BCUT2D eigenvalue weighted by Crippen LogP contribution is 2.24. The standard InChI is InChI=1S/C15H22FNO/c1-11-7-8-17(12(2)9-11)10-15(18)13-3-5-14(16)6-4-13/h3-6,11-12,15,18H,7-10H2,1-2H3. The molecule has 3 atom stereocenters. The zero-order valence-corrected chi connectivity index (χ0v) is 11.1. The van der Waals surface area contributed by atoms with Gasteiger partial charge in [0.1, 0.15) is 5.82 Å². The monoisotopic (exact) mass is 251 g/mol. The van der Waals surface area contributed by atoms with Crippen molar-refractivity contribution in [1.82, 2.24) is 4.90 Å². The predicted molar refractivity (Wildman–Crippen MR) is 70.8 cm³/mol. The van der Waals surface area contributed by atoms with E-state index in [0.29, 0.717) is 12.6 Å². The van der Waals surface area contributed by atoms with E-state index in [0.717, 1.165) is 18.0 Å². The lowest BCUT2D eigenvalue weighted by Gasteiger charge is -2.37. The topological polar surface area (TPSA) is 23.5 Å². The maximum absolute atomic E-state index is 12.8. The number of halogens is 1. The van der Waals surface area contributed by atoms with Crippen LogP contribution in [0, 0.1) is 11.7 Å². The molecule has 3 heteroatoms. The first-order chi connectivity index (χ1) is 8.56. The third-order valence-electron chi connectivity index (χ3n) is 3.94. The second-order valence-corrected chi connectivity index (χ2v) is 5.54. The molecule has 1 heterocycles. The molecule has 0 aromatic heterocycles. The maximum atomic E-state index is 12.8. The summed E-state index contributed by atoms with van der Waals surface area (Å²) in [4.78, 5) is 2.33. The fraction of sp³-hybridized carbons (Fsp3) is 0.600. The van der Waals surface area contributed by atoms with Crippen LogP contribution in [0.5, 0.6) is 0 Å². The van der Waals surface area contributed by atoms with Crippen molar-refractivity contribution < 1.29 is 9.50 Å².